The highest BCUT2D eigenvalue weighted by atomic mass is 16.1. The maximum atomic E-state index is 10.9. The number of hydrogen-bond donors (Lipinski definition) is 2. The standard InChI is InChI=1S/C12H9N3O/c16-12-4-3-11(14-15-12)8-1-2-10-9(7-8)5-6-13-10/h1-7,13H,(H,15,16). The van der Waals surface area contributed by atoms with Crippen LogP contribution in [0.5, 0.6) is 0 Å². The molecule has 4 heteroatoms. The fourth-order valence-corrected chi connectivity index (χ4v) is 1.72. The van der Waals surface area contributed by atoms with Crippen molar-refractivity contribution in [2.75, 3.05) is 0 Å². The second-order valence-electron chi connectivity index (χ2n) is 3.59. The van der Waals surface area contributed by atoms with Crippen LogP contribution < -0.4 is 5.56 Å². The van der Waals surface area contributed by atoms with E-state index in [0.717, 1.165) is 22.2 Å². The zero-order valence-electron chi connectivity index (χ0n) is 8.40. The quantitative estimate of drug-likeness (QED) is 0.646. The molecule has 16 heavy (non-hydrogen) atoms. The van der Waals surface area contributed by atoms with Crippen molar-refractivity contribution in [2.24, 2.45) is 0 Å². The Morgan fingerprint density at radius 1 is 1.06 bits per heavy atom. The topological polar surface area (TPSA) is 61.5 Å². The van der Waals surface area contributed by atoms with E-state index in [4.69, 9.17) is 0 Å². The number of aromatic nitrogens is 3. The number of aromatic amines is 2. The summed E-state index contributed by atoms with van der Waals surface area (Å²) in [4.78, 5) is 14.0. The molecule has 0 unspecified atom stereocenters. The molecule has 78 valence electrons. The highest BCUT2D eigenvalue weighted by Crippen LogP contribution is 2.21. The maximum absolute atomic E-state index is 10.9. The molecule has 0 atom stereocenters. The van der Waals surface area contributed by atoms with Crippen LogP contribution in [-0.4, -0.2) is 15.2 Å². The highest BCUT2D eigenvalue weighted by Gasteiger charge is 2.01. The van der Waals surface area contributed by atoms with Gasteiger partial charge in [-0.1, -0.05) is 6.07 Å². The molecule has 3 aromatic rings. The molecule has 3 rings (SSSR count). The van der Waals surface area contributed by atoms with Crippen LogP contribution in [0.1, 0.15) is 0 Å². The van der Waals surface area contributed by atoms with E-state index < -0.39 is 0 Å². The van der Waals surface area contributed by atoms with Gasteiger partial charge in [0, 0.05) is 28.7 Å². The monoisotopic (exact) mass is 211 g/mol. The lowest BCUT2D eigenvalue weighted by atomic mass is 10.1. The smallest absolute Gasteiger partial charge is 0.264 e. The van der Waals surface area contributed by atoms with Crippen molar-refractivity contribution < 1.29 is 0 Å². The first-order valence-corrected chi connectivity index (χ1v) is 4.96. The fourth-order valence-electron chi connectivity index (χ4n) is 1.72. The molecule has 0 amide bonds. The molecule has 2 heterocycles. The number of H-pyrrole nitrogens is 2. The Bertz CT molecular complexity index is 676. The molecule has 0 radical (unpaired) electrons. The van der Waals surface area contributed by atoms with Crippen molar-refractivity contribution in [3.63, 3.8) is 0 Å². The first-order chi connectivity index (χ1) is 7.83. The number of rotatable bonds is 1. The van der Waals surface area contributed by atoms with Crippen LogP contribution in [0.3, 0.4) is 0 Å². The molecular weight excluding hydrogens is 202 g/mol. The second-order valence-corrected chi connectivity index (χ2v) is 3.59. The van der Waals surface area contributed by atoms with E-state index in [1.807, 2.05) is 30.5 Å². The zero-order chi connectivity index (χ0) is 11.0. The van der Waals surface area contributed by atoms with Gasteiger partial charge < -0.3 is 4.98 Å². The van der Waals surface area contributed by atoms with Gasteiger partial charge in [0.05, 0.1) is 5.69 Å². The molecular formula is C12H9N3O. The third-order valence-corrected chi connectivity index (χ3v) is 2.53. The molecule has 0 saturated carbocycles. The van der Waals surface area contributed by atoms with Gasteiger partial charge in [-0.3, -0.25) is 4.79 Å². The largest absolute Gasteiger partial charge is 0.361 e. The third kappa shape index (κ3) is 1.40. The van der Waals surface area contributed by atoms with Gasteiger partial charge >= 0.3 is 0 Å². The van der Waals surface area contributed by atoms with E-state index in [0.29, 0.717) is 0 Å². The van der Waals surface area contributed by atoms with Crippen LogP contribution in [0.2, 0.25) is 0 Å². The molecule has 0 spiro atoms. The summed E-state index contributed by atoms with van der Waals surface area (Å²) in [6, 6.07) is 11.2. The molecule has 2 N–H and O–H groups in total. The number of nitrogens with zero attached hydrogens (tertiary/aromatic N) is 1. The van der Waals surface area contributed by atoms with Crippen molar-refractivity contribution >= 4 is 10.9 Å². The van der Waals surface area contributed by atoms with Gasteiger partial charge in [-0.2, -0.15) is 5.10 Å². The van der Waals surface area contributed by atoms with Crippen LogP contribution in [-0.2, 0) is 0 Å². The number of nitrogens with one attached hydrogen (secondary N) is 2. The van der Waals surface area contributed by atoms with Gasteiger partial charge in [0.1, 0.15) is 0 Å². The summed E-state index contributed by atoms with van der Waals surface area (Å²) in [5.41, 5.74) is 2.66. The molecule has 0 aliphatic heterocycles. The fraction of sp³-hybridized carbons (Fsp3) is 0. The molecule has 0 bridgehead atoms. The van der Waals surface area contributed by atoms with Crippen LogP contribution in [0.25, 0.3) is 22.2 Å². The molecule has 2 aromatic heterocycles. The van der Waals surface area contributed by atoms with E-state index >= 15 is 0 Å². The SMILES string of the molecule is O=c1ccc(-c2ccc3[nH]ccc3c2)n[nH]1. The molecule has 0 saturated heterocycles. The first-order valence-electron chi connectivity index (χ1n) is 4.96. The minimum atomic E-state index is -0.188. The lowest BCUT2D eigenvalue weighted by molar-refractivity contribution is 0.996. The Morgan fingerprint density at radius 3 is 2.81 bits per heavy atom. The van der Waals surface area contributed by atoms with Crippen LogP contribution in [0.15, 0.2) is 47.4 Å². The van der Waals surface area contributed by atoms with Crippen molar-refractivity contribution in [1.29, 1.82) is 0 Å². The summed E-state index contributed by atoms with van der Waals surface area (Å²) in [6.45, 7) is 0. The normalized spacial score (nSPS) is 10.8. The van der Waals surface area contributed by atoms with E-state index in [1.54, 1.807) is 6.07 Å². The third-order valence-electron chi connectivity index (χ3n) is 2.53. The highest BCUT2D eigenvalue weighted by molar-refractivity contribution is 5.84. The molecule has 0 aliphatic rings. The Morgan fingerprint density at radius 2 is 2.00 bits per heavy atom. The van der Waals surface area contributed by atoms with Crippen molar-refractivity contribution in [2.45, 2.75) is 0 Å². The number of benzene rings is 1. The summed E-state index contributed by atoms with van der Waals surface area (Å²) in [6.07, 6.45) is 1.90. The minimum absolute atomic E-state index is 0.188. The Balaban J connectivity index is 2.17. The maximum Gasteiger partial charge on any atom is 0.264 e. The van der Waals surface area contributed by atoms with Crippen molar-refractivity contribution in [3.8, 4) is 11.3 Å². The Labute approximate surface area is 90.9 Å². The predicted molar refractivity (Wildman–Crippen MR) is 62.2 cm³/mol. The average molecular weight is 211 g/mol. The average Bonchev–Trinajstić information content (AvgIpc) is 2.77. The van der Waals surface area contributed by atoms with E-state index in [1.165, 1.54) is 6.07 Å². The zero-order valence-corrected chi connectivity index (χ0v) is 8.40. The van der Waals surface area contributed by atoms with Crippen LogP contribution in [0.4, 0.5) is 0 Å². The van der Waals surface area contributed by atoms with Crippen LogP contribution in [0, 0.1) is 0 Å². The van der Waals surface area contributed by atoms with E-state index in [-0.39, 0.29) is 5.56 Å². The predicted octanol–water partition coefficient (Wildman–Crippen LogP) is 1.92. The second kappa shape index (κ2) is 3.34. The number of fused-ring (bicyclic) bond motifs is 1. The van der Waals surface area contributed by atoms with Gasteiger partial charge in [0.2, 0.25) is 0 Å². The van der Waals surface area contributed by atoms with Gasteiger partial charge in [-0.15, -0.1) is 0 Å². The molecule has 4 nitrogen and oxygen atoms in total. The lowest BCUT2D eigenvalue weighted by Gasteiger charge is -1.99. The van der Waals surface area contributed by atoms with Crippen molar-refractivity contribution in [1.82, 2.24) is 15.2 Å². The van der Waals surface area contributed by atoms with Gasteiger partial charge in [0.15, 0.2) is 0 Å². The van der Waals surface area contributed by atoms with E-state index in [2.05, 4.69) is 15.2 Å². The number of hydrogen-bond acceptors (Lipinski definition) is 2. The summed E-state index contributed by atoms with van der Waals surface area (Å²) in [5, 5.41) is 7.55. The summed E-state index contributed by atoms with van der Waals surface area (Å²) in [5.74, 6) is 0. The lowest BCUT2D eigenvalue weighted by Crippen LogP contribution is -2.05. The summed E-state index contributed by atoms with van der Waals surface area (Å²) >= 11 is 0. The van der Waals surface area contributed by atoms with Crippen molar-refractivity contribution in [3.05, 3.63) is 52.9 Å². The first kappa shape index (κ1) is 8.91. The molecule has 1 aromatic carbocycles. The Kier molecular flexibility index (Phi) is 1.86. The summed E-state index contributed by atoms with van der Waals surface area (Å²) in [7, 11) is 0. The summed E-state index contributed by atoms with van der Waals surface area (Å²) < 4.78 is 0. The van der Waals surface area contributed by atoms with Gasteiger partial charge in [0.25, 0.3) is 5.56 Å². The molecule has 0 aliphatic carbocycles. The molecule has 0 fully saturated rings. The van der Waals surface area contributed by atoms with Gasteiger partial charge in [-0.05, 0) is 24.3 Å². The van der Waals surface area contributed by atoms with E-state index in [9.17, 15) is 4.79 Å². The Hall–Kier alpha value is -2.36. The van der Waals surface area contributed by atoms with Gasteiger partial charge in [-0.25, -0.2) is 5.10 Å². The van der Waals surface area contributed by atoms with Crippen LogP contribution >= 0.6 is 0 Å². The minimum Gasteiger partial charge on any atom is -0.361 e.